The van der Waals surface area contributed by atoms with Crippen LogP contribution in [-0.4, -0.2) is 17.5 Å². The summed E-state index contributed by atoms with van der Waals surface area (Å²) in [6.45, 7) is 7.16. The van der Waals surface area contributed by atoms with Gasteiger partial charge in [-0.15, -0.1) is 0 Å². The molecule has 0 aliphatic heterocycles. The van der Waals surface area contributed by atoms with Crippen LogP contribution in [0.1, 0.15) is 61.9 Å². The van der Waals surface area contributed by atoms with Gasteiger partial charge in [0.25, 0.3) is 5.91 Å². The Morgan fingerprint density at radius 2 is 1.88 bits per heavy atom. The summed E-state index contributed by atoms with van der Waals surface area (Å²) in [5.41, 5.74) is 5.03. The second-order valence-electron chi connectivity index (χ2n) is 8.32. The number of benzene rings is 3. The fourth-order valence-corrected chi connectivity index (χ4v) is 3.57. The van der Waals surface area contributed by atoms with Gasteiger partial charge in [-0.05, 0) is 78.9 Å². The van der Waals surface area contributed by atoms with E-state index in [4.69, 9.17) is 9.15 Å². The third-order valence-corrected chi connectivity index (χ3v) is 5.85. The Hall–Kier alpha value is -3.60. The van der Waals surface area contributed by atoms with Gasteiger partial charge in [0.2, 0.25) is 5.89 Å². The van der Waals surface area contributed by atoms with Crippen LogP contribution in [0, 0.1) is 0 Å². The summed E-state index contributed by atoms with van der Waals surface area (Å²) in [6.07, 6.45) is 3.14. The van der Waals surface area contributed by atoms with Crippen molar-refractivity contribution in [3.8, 4) is 17.2 Å². The lowest BCUT2D eigenvalue weighted by atomic mass is 9.98. The van der Waals surface area contributed by atoms with Gasteiger partial charge in [0.1, 0.15) is 11.3 Å². The van der Waals surface area contributed by atoms with Crippen LogP contribution in [0.15, 0.2) is 71.1 Å². The molecule has 1 atom stereocenters. The average Bonchev–Trinajstić information content (AvgIpc) is 3.28. The van der Waals surface area contributed by atoms with Crippen molar-refractivity contribution >= 4 is 22.7 Å². The van der Waals surface area contributed by atoms with Crippen LogP contribution in [0.2, 0.25) is 0 Å². The SMILES string of the molecule is CCCCOc1cccc(C(=O)Nc2ccc(-c3nc4cc([C@@H](C)CC)ccc4o3)cc2)c1. The van der Waals surface area contributed by atoms with Gasteiger partial charge in [-0.2, -0.15) is 0 Å². The highest BCUT2D eigenvalue weighted by Crippen LogP contribution is 2.28. The van der Waals surface area contributed by atoms with Crippen LogP contribution >= 0.6 is 0 Å². The molecule has 1 heterocycles. The summed E-state index contributed by atoms with van der Waals surface area (Å²) >= 11 is 0. The summed E-state index contributed by atoms with van der Waals surface area (Å²) in [5, 5.41) is 2.94. The second-order valence-corrected chi connectivity index (χ2v) is 8.32. The highest BCUT2D eigenvalue weighted by Gasteiger charge is 2.12. The molecular formula is C28H30N2O3. The van der Waals surface area contributed by atoms with E-state index in [0.29, 0.717) is 35.4 Å². The minimum Gasteiger partial charge on any atom is -0.494 e. The Labute approximate surface area is 194 Å². The Morgan fingerprint density at radius 1 is 1.06 bits per heavy atom. The number of nitrogens with zero attached hydrogens (tertiary/aromatic N) is 1. The van der Waals surface area contributed by atoms with Crippen molar-refractivity contribution in [3.63, 3.8) is 0 Å². The minimum absolute atomic E-state index is 0.178. The maximum atomic E-state index is 12.7. The van der Waals surface area contributed by atoms with E-state index >= 15 is 0 Å². The highest BCUT2D eigenvalue weighted by atomic mass is 16.5. The molecule has 0 saturated heterocycles. The largest absolute Gasteiger partial charge is 0.494 e. The maximum absolute atomic E-state index is 12.7. The Kier molecular flexibility index (Phi) is 7.08. The zero-order chi connectivity index (χ0) is 23.2. The topological polar surface area (TPSA) is 64.4 Å². The first kappa shape index (κ1) is 22.6. The van der Waals surface area contributed by atoms with E-state index in [9.17, 15) is 4.79 Å². The van der Waals surface area contributed by atoms with E-state index in [1.165, 1.54) is 5.56 Å². The third kappa shape index (κ3) is 5.43. The molecule has 5 nitrogen and oxygen atoms in total. The molecule has 0 unspecified atom stereocenters. The predicted molar refractivity (Wildman–Crippen MR) is 133 cm³/mol. The fourth-order valence-electron chi connectivity index (χ4n) is 3.57. The molecule has 3 aromatic carbocycles. The van der Waals surface area contributed by atoms with Crippen LogP contribution in [0.4, 0.5) is 5.69 Å². The van der Waals surface area contributed by atoms with E-state index in [0.717, 1.165) is 35.9 Å². The van der Waals surface area contributed by atoms with Crippen LogP contribution < -0.4 is 10.1 Å². The number of anilines is 1. The molecule has 1 amide bonds. The van der Waals surface area contributed by atoms with Crippen molar-refractivity contribution in [3.05, 3.63) is 77.9 Å². The van der Waals surface area contributed by atoms with Gasteiger partial charge < -0.3 is 14.5 Å². The number of aromatic nitrogens is 1. The summed E-state index contributed by atoms with van der Waals surface area (Å²) in [5.74, 6) is 1.59. The average molecular weight is 443 g/mol. The van der Waals surface area contributed by atoms with Gasteiger partial charge in [-0.1, -0.05) is 39.3 Å². The lowest BCUT2D eigenvalue weighted by Gasteiger charge is -2.09. The van der Waals surface area contributed by atoms with E-state index in [2.05, 4.69) is 43.2 Å². The minimum atomic E-state index is -0.178. The molecule has 0 aliphatic rings. The summed E-state index contributed by atoms with van der Waals surface area (Å²) < 4.78 is 11.7. The Bertz CT molecular complexity index is 1230. The predicted octanol–water partition coefficient (Wildman–Crippen LogP) is 7.44. The monoisotopic (exact) mass is 442 g/mol. The van der Waals surface area contributed by atoms with Crippen molar-refractivity contribution in [1.82, 2.24) is 4.98 Å². The number of amides is 1. The normalized spacial score (nSPS) is 12.0. The maximum Gasteiger partial charge on any atom is 0.255 e. The van der Waals surface area contributed by atoms with Gasteiger partial charge in [0, 0.05) is 16.8 Å². The van der Waals surface area contributed by atoms with Gasteiger partial charge in [-0.3, -0.25) is 4.79 Å². The number of nitrogens with one attached hydrogen (secondary N) is 1. The number of unbranched alkanes of at least 4 members (excludes halogenated alkanes) is 1. The quantitative estimate of drug-likeness (QED) is 0.274. The number of fused-ring (bicyclic) bond motifs is 1. The molecule has 170 valence electrons. The van der Waals surface area contributed by atoms with Gasteiger partial charge in [0.05, 0.1) is 6.61 Å². The van der Waals surface area contributed by atoms with Crippen molar-refractivity contribution < 1.29 is 13.9 Å². The van der Waals surface area contributed by atoms with E-state index in [-0.39, 0.29) is 5.91 Å². The molecule has 1 aromatic heterocycles. The lowest BCUT2D eigenvalue weighted by Crippen LogP contribution is -2.12. The van der Waals surface area contributed by atoms with Crippen molar-refractivity contribution in [2.24, 2.45) is 0 Å². The number of hydrogen-bond donors (Lipinski definition) is 1. The fraction of sp³-hybridized carbons (Fsp3) is 0.286. The number of ether oxygens (including phenoxy) is 1. The second kappa shape index (κ2) is 10.3. The lowest BCUT2D eigenvalue weighted by molar-refractivity contribution is 0.102. The van der Waals surface area contributed by atoms with Gasteiger partial charge in [0.15, 0.2) is 5.58 Å². The molecule has 0 spiro atoms. The molecule has 0 fully saturated rings. The van der Waals surface area contributed by atoms with Gasteiger partial charge in [-0.25, -0.2) is 4.98 Å². The molecule has 0 aliphatic carbocycles. The van der Waals surface area contributed by atoms with Crippen molar-refractivity contribution in [2.45, 2.75) is 46.0 Å². The number of carbonyl (C=O) groups excluding carboxylic acids is 1. The molecule has 4 rings (SSSR count). The first-order valence-electron chi connectivity index (χ1n) is 11.6. The molecule has 0 radical (unpaired) electrons. The Balaban J connectivity index is 1.45. The van der Waals surface area contributed by atoms with E-state index in [1.807, 2.05) is 42.5 Å². The zero-order valence-electron chi connectivity index (χ0n) is 19.4. The van der Waals surface area contributed by atoms with Crippen molar-refractivity contribution in [1.29, 1.82) is 0 Å². The molecule has 0 saturated carbocycles. The third-order valence-electron chi connectivity index (χ3n) is 5.85. The number of carbonyl (C=O) groups is 1. The van der Waals surface area contributed by atoms with Crippen LogP contribution in [0.3, 0.4) is 0 Å². The van der Waals surface area contributed by atoms with E-state index < -0.39 is 0 Å². The number of hydrogen-bond acceptors (Lipinski definition) is 4. The smallest absolute Gasteiger partial charge is 0.255 e. The number of oxazole rings is 1. The van der Waals surface area contributed by atoms with Crippen LogP contribution in [0.25, 0.3) is 22.6 Å². The standard InChI is InChI=1S/C28H30N2O3/c1-4-6-16-32-24-9-7-8-22(17-24)27(31)29-23-13-10-20(11-14-23)28-30-25-18-21(19(3)5-2)12-15-26(25)33-28/h7-15,17-19H,4-6,16H2,1-3H3,(H,29,31)/t19-/m0/s1. The zero-order valence-corrected chi connectivity index (χ0v) is 19.4. The summed E-state index contributed by atoms with van der Waals surface area (Å²) in [6, 6.07) is 21.0. The molecule has 33 heavy (non-hydrogen) atoms. The summed E-state index contributed by atoms with van der Waals surface area (Å²) in [4.78, 5) is 17.4. The van der Waals surface area contributed by atoms with E-state index in [1.54, 1.807) is 12.1 Å². The summed E-state index contributed by atoms with van der Waals surface area (Å²) in [7, 11) is 0. The number of rotatable bonds is 9. The molecule has 5 heteroatoms. The Morgan fingerprint density at radius 3 is 2.64 bits per heavy atom. The van der Waals surface area contributed by atoms with Crippen molar-refractivity contribution in [2.75, 3.05) is 11.9 Å². The van der Waals surface area contributed by atoms with Crippen LogP contribution in [0.5, 0.6) is 5.75 Å². The van der Waals surface area contributed by atoms with Gasteiger partial charge >= 0.3 is 0 Å². The highest BCUT2D eigenvalue weighted by molar-refractivity contribution is 6.04. The molecule has 0 bridgehead atoms. The molecular weight excluding hydrogens is 412 g/mol. The molecule has 4 aromatic rings. The first-order valence-corrected chi connectivity index (χ1v) is 11.6. The van der Waals surface area contributed by atoms with Crippen LogP contribution in [-0.2, 0) is 0 Å². The first-order chi connectivity index (χ1) is 16.1. The molecule has 1 N–H and O–H groups in total.